The maximum Gasteiger partial charge on any atom is 0.352 e. The van der Waals surface area contributed by atoms with Gasteiger partial charge in [-0.2, -0.15) is 0 Å². The van der Waals surface area contributed by atoms with Crippen molar-refractivity contribution in [3.05, 3.63) is 54.0 Å². The van der Waals surface area contributed by atoms with Gasteiger partial charge in [0.05, 0.1) is 0 Å². The van der Waals surface area contributed by atoms with Crippen molar-refractivity contribution >= 4 is 16.9 Å². The fourth-order valence-electron chi connectivity index (χ4n) is 2.15. The van der Waals surface area contributed by atoms with E-state index < -0.39 is 11.8 Å². The third-order valence-corrected chi connectivity index (χ3v) is 3.12. The van der Waals surface area contributed by atoms with E-state index in [9.17, 15) is 14.3 Å². The minimum absolute atomic E-state index is 0.0864. The zero-order valence-electron chi connectivity index (χ0n) is 10.2. The summed E-state index contributed by atoms with van der Waals surface area (Å²) < 4.78 is 13.8. The minimum Gasteiger partial charge on any atom is -0.508 e. The quantitative estimate of drug-likeness (QED) is 0.669. The van der Waals surface area contributed by atoms with Crippen molar-refractivity contribution in [2.45, 2.75) is 0 Å². The number of carboxylic acids is 1. The fraction of sp³-hybridized carbons (Fsp3) is 0. The number of benzene rings is 2. The van der Waals surface area contributed by atoms with Crippen molar-refractivity contribution in [2.75, 3.05) is 0 Å². The van der Waals surface area contributed by atoms with E-state index >= 15 is 0 Å². The second kappa shape index (κ2) is 4.38. The second-order valence-electron chi connectivity index (χ2n) is 4.45. The zero-order chi connectivity index (χ0) is 14.3. The maximum atomic E-state index is 13.8. The highest BCUT2D eigenvalue weighted by Crippen LogP contribution is 2.28. The van der Waals surface area contributed by atoms with Crippen LogP contribution in [-0.2, 0) is 0 Å². The Morgan fingerprint density at radius 2 is 1.90 bits per heavy atom. The average molecular weight is 271 g/mol. The van der Waals surface area contributed by atoms with Gasteiger partial charge < -0.3 is 15.2 Å². The molecule has 3 N–H and O–H groups in total. The summed E-state index contributed by atoms with van der Waals surface area (Å²) in [4.78, 5) is 13.7. The molecule has 2 aromatic carbocycles. The smallest absolute Gasteiger partial charge is 0.352 e. The van der Waals surface area contributed by atoms with Gasteiger partial charge in [-0.3, -0.25) is 0 Å². The number of aromatic hydroxyl groups is 1. The van der Waals surface area contributed by atoms with E-state index in [-0.39, 0.29) is 11.4 Å². The highest BCUT2D eigenvalue weighted by atomic mass is 19.1. The summed E-state index contributed by atoms with van der Waals surface area (Å²) in [5, 5.41) is 18.9. The van der Waals surface area contributed by atoms with Crippen LogP contribution in [0.3, 0.4) is 0 Å². The van der Waals surface area contributed by atoms with Gasteiger partial charge in [0.2, 0.25) is 0 Å². The summed E-state index contributed by atoms with van der Waals surface area (Å²) in [6, 6.07) is 10.5. The SMILES string of the molecule is O=C(O)c1cc2ccc(-c3ccc(O)cc3F)cc2[nH]1. The van der Waals surface area contributed by atoms with Gasteiger partial charge in [-0.1, -0.05) is 12.1 Å². The normalized spacial score (nSPS) is 10.8. The molecule has 0 saturated heterocycles. The van der Waals surface area contributed by atoms with E-state index in [1.54, 1.807) is 18.2 Å². The van der Waals surface area contributed by atoms with Crippen molar-refractivity contribution in [2.24, 2.45) is 0 Å². The van der Waals surface area contributed by atoms with E-state index in [0.717, 1.165) is 11.5 Å². The van der Waals surface area contributed by atoms with Crippen LogP contribution in [0.15, 0.2) is 42.5 Å². The lowest BCUT2D eigenvalue weighted by Crippen LogP contribution is -1.94. The zero-order valence-corrected chi connectivity index (χ0v) is 10.2. The van der Waals surface area contributed by atoms with Crippen LogP contribution in [0.4, 0.5) is 4.39 Å². The monoisotopic (exact) mass is 271 g/mol. The van der Waals surface area contributed by atoms with Crippen LogP contribution >= 0.6 is 0 Å². The molecular weight excluding hydrogens is 261 g/mol. The summed E-state index contributed by atoms with van der Waals surface area (Å²) in [6.45, 7) is 0. The van der Waals surface area contributed by atoms with E-state index in [4.69, 9.17) is 5.11 Å². The Hall–Kier alpha value is -2.82. The van der Waals surface area contributed by atoms with Crippen molar-refractivity contribution in [3.63, 3.8) is 0 Å². The number of phenolic OH excluding ortho intramolecular Hbond substituents is 1. The molecule has 3 rings (SSSR count). The van der Waals surface area contributed by atoms with Crippen LogP contribution in [0.5, 0.6) is 5.75 Å². The molecule has 0 bridgehead atoms. The number of aromatic carboxylic acids is 1. The van der Waals surface area contributed by atoms with Gasteiger partial charge in [-0.05, 0) is 29.8 Å². The average Bonchev–Trinajstić information content (AvgIpc) is 2.81. The maximum absolute atomic E-state index is 13.8. The summed E-state index contributed by atoms with van der Waals surface area (Å²) >= 11 is 0. The molecule has 100 valence electrons. The van der Waals surface area contributed by atoms with Gasteiger partial charge in [0.15, 0.2) is 0 Å². The lowest BCUT2D eigenvalue weighted by atomic mass is 10.0. The Kier molecular flexibility index (Phi) is 2.68. The molecule has 1 heterocycles. The third-order valence-electron chi connectivity index (χ3n) is 3.12. The molecule has 1 aromatic heterocycles. The first-order valence-corrected chi connectivity index (χ1v) is 5.89. The standard InChI is InChI=1S/C15H10FNO3/c16-12-7-10(18)3-4-11(12)8-1-2-9-6-14(15(19)20)17-13(9)5-8/h1-7,17-18H,(H,19,20). The first-order chi connectivity index (χ1) is 9.54. The number of fused-ring (bicyclic) bond motifs is 1. The number of rotatable bonds is 2. The van der Waals surface area contributed by atoms with Gasteiger partial charge in [0.25, 0.3) is 0 Å². The molecule has 0 amide bonds. The summed E-state index contributed by atoms with van der Waals surface area (Å²) in [6.07, 6.45) is 0. The Balaban J connectivity index is 2.14. The highest BCUT2D eigenvalue weighted by Gasteiger charge is 2.10. The molecule has 3 aromatic rings. The number of carbonyl (C=O) groups is 1. The van der Waals surface area contributed by atoms with Crippen LogP contribution in [-0.4, -0.2) is 21.2 Å². The van der Waals surface area contributed by atoms with Crippen LogP contribution in [0.2, 0.25) is 0 Å². The number of nitrogens with one attached hydrogen (secondary N) is 1. The first-order valence-electron chi connectivity index (χ1n) is 5.89. The van der Waals surface area contributed by atoms with Crippen LogP contribution in [0.25, 0.3) is 22.0 Å². The number of aromatic nitrogens is 1. The molecule has 20 heavy (non-hydrogen) atoms. The first kappa shape index (κ1) is 12.2. The molecule has 0 saturated carbocycles. The van der Waals surface area contributed by atoms with E-state index in [0.29, 0.717) is 16.6 Å². The molecule has 0 radical (unpaired) electrons. The van der Waals surface area contributed by atoms with Crippen molar-refractivity contribution in [1.29, 1.82) is 0 Å². The molecule has 0 unspecified atom stereocenters. The van der Waals surface area contributed by atoms with Crippen LogP contribution < -0.4 is 0 Å². The van der Waals surface area contributed by atoms with Gasteiger partial charge >= 0.3 is 5.97 Å². The number of halogens is 1. The largest absolute Gasteiger partial charge is 0.508 e. The molecule has 0 fully saturated rings. The Morgan fingerprint density at radius 3 is 2.60 bits per heavy atom. The molecule has 0 spiro atoms. The minimum atomic E-state index is -1.04. The molecule has 0 aliphatic carbocycles. The molecule has 0 atom stereocenters. The van der Waals surface area contributed by atoms with Crippen molar-refractivity contribution in [1.82, 2.24) is 4.98 Å². The third kappa shape index (κ3) is 1.99. The number of carboxylic acid groups (broad SMARTS) is 1. The lowest BCUT2D eigenvalue weighted by Gasteiger charge is -2.04. The molecular formula is C15H10FNO3. The molecule has 0 aliphatic rings. The molecule has 0 aliphatic heterocycles. The number of phenols is 1. The molecule has 5 heteroatoms. The second-order valence-corrected chi connectivity index (χ2v) is 4.45. The van der Waals surface area contributed by atoms with Crippen molar-refractivity contribution in [3.8, 4) is 16.9 Å². The molecule has 4 nitrogen and oxygen atoms in total. The summed E-state index contributed by atoms with van der Waals surface area (Å²) in [5.74, 6) is -1.71. The van der Waals surface area contributed by atoms with E-state index in [1.165, 1.54) is 18.2 Å². The van der Waals surface area contributed by atoms with Crippen LogP contribution in [0, 0.1) is 5.82 Å². The predicted molar refractivity (Wildman–Crippen MR) is 72.3 cm³/mol. The van der Waals surface area contributed by atoms with Crippen molar-refractivity contribution < 1.29 is 19.4 Å². The Morgan fingerprint density at radius 1 is 1.10 bits per heavy atom. The fourth-order valence-corrected chi connectivity index (χ4v) is 2.15. The van der Waals surface area contributed by atoms with Gasteiger partial charge in [-0.25, -0.2) is 9.18 Å². The number of aromatic amines is 1. The van der Waals surface area contributed by atoms with Crippen LogP contribution in [0.1, 0.15) is 10.5 Å². The lowest BCUT2D eigenvalue weighted by molar-refractivity contribution is 0.0691. The number of H-pyrrole nitrogens is 1. The summed E-state index contributed by atoms with van der Waals surface area (Å²) in [7, 11) is 0. The Bertz CT molecular complexity index is 823. The van der Waals surface area contributed by atoms with Gasteiger partial charge in [0.1, 0.15) is 17.3 Å². The number of hydrogen-bond donors (Lipinski definition) is 3. The highest BCUT2D eigenvalue weighted by molar-refractivity contribution is 5.95. The predicted octanol–water partition coefficient (Wildman–Crippen LogP) is 3.38. The van der Waals surface area contributed by atoms with E-state index in [2.05, 4.69) is 4.98 Å². The van der Waals surface area contributed by atoms with E-state index in [1.807, 2.05) is 0 Å². The Labute approximate surface area is 113 Å². The topological polar surface area (TPSA) is 73.3 Å². The number of hydrogen-bond acceptors (Lipinski definition) is 2. The van der Waals surface area contributed by atoms with Gasteiger partial charge in [0, 0.05) is 22.5 Å². The van der Waals surface area contributed by atoms with Gasteiger partial charge in [-0.15, -0.1) is 0 Å². The summed E-state index contributed by atoms with van der Waals surface area (Å²) in [5.41, 5.74) is 1.65.